The topological polar surface area (TPSA) is 43.2 Å². The molecule has 6 heteroatoms. The van der Waals surface area contributed by atoms with Crippen molar-refractivity contribution in [2.45, 2.75) is 6.04 Å². The molecule has 3 aromatic rings. The van der Waals surface area contributed by atoms with Crippen LogP contribution in [0.25, 0.3) is 11.0 Å². The molecule has 1 aliphatic rings. The predicted octanol–water partition coefficient (Wildman–Crippen LogP) is 2.64. The average Bonchev–Trinajstić information content (AvgIpc) is 2.89. The highest BCUT2D eigenvalue weighted by Crippen LogP contribution is 2.30. The van der Waals surface area contributed by atoms with Crippen molar-refractivity contribution in [2.75, 3.05) is 25.1 Å². The van der Waals surface area contributed by atoms with Gasteiger partial charge in [-0.15, -0.1) is 0 Å². The van der Waals surface area contributed by atoms with E-state index in [0.717, 1.165) is 24.3 Å². The maximum Gasteiger partial charge on any atom is 0.213 e. The van der Waals surface area contributed by atoms with Crippen LogP contribution < -0.4 is 9.64 Å². The summed E-state index contributed by atoms with van der Waals surface area (Å²) in [4.78, 5) is 10.7. The van der Waals surface area contributed by atoms with Gasteiger partial charge in [0.25, 0.3) is 0 Å². The van der Waals surface area contributed by atoms with Crippen LogP contribution in [0.15, 0.2) is 42.9 Å². The number of methoxy groups -OCH3 is 1. The van der Waals surface area contributed by atoms with E-state index >= 15 is 0 Å². The molecule has 5 nitrogen and oxygen atoms in total. The lowest BCUT2D eigenvalue weighted by molar-refractivity contribution is 0.394. The number of imidazole rings is 1. The molecule has 3 heterocycles. The second-order valence-corrected chi connectivity index (χ2v) is 5.40. The van der Waals surface area contributed by atoms with Crippen LogP contribution in [0.2, 0.25) is 0 Å². The van der Waals surface area contributed by atoms with Crippen molar-refractivity contribution < 1.29 is 9.13 Å². The number of benzene rings is 1. The van der Waals surface area contributed by atoms with Gasteiger partial charge in [0.2, 0.25) is 5.88 Å². The summed E-state index contributed by atoms with van der Waals surface area (Å²) >= 11 is 0. The summed E-state index contributed by atoms with van der Waals surface area (Å²) in [6.07, 6.45) is 3.61. The number of fused-ring (bicyclic) bond motifs is 1. The van der Waals surface area contributed by atoms with Gasteiger partial charge >= 0.3 is 0 Å². The third kappa shape index (κ3) is 2.07. The van der Waals surface area contributed by atoms with Crippen LogP contribution >= 0.6 is 0 Å². The first-order chi connectivity index (χ1) is 10.7. The van der Waals surface area contributed by atoms with Crippen LogP contribution in [0.3, 0.4) is 0 Å². The molecule has 0 amide bonds. The SMILES string of the molecule is COc1ccc(N2CC(n3cnc4cc(F)ccc43)C2)cn1. The van der Waals surface area contributed by atoms with Gasteiger partial charge in [0.15, 0.2) is 0 Å². The second-order valence-electron chi connectivity index (χ2n) is 5.40. The number of rotatable bonds is 3. The van der Waals surface area contributed by atoms with Crippen LogP contribution in [-0.4, -0.2) is 34.7 Å². The Morgan fingerprint density at radius 3 is 2.77 bits per heavy atom. The number of halogens is 1. The van der Waals surface area contributed by atoms with E-state index in [1.165, 1.54) is 12.1 Å². The molecular formula is C16H15FN4O. The molecule has 0 radical (unpaired) electrons. The van der Waals surface area contributed by atoms with Gasteiger partial charge in [0.05, 0.1) is 42.4 Å². The molecule has 1 aliphatic heterocycles. The summed E-state index contributed by atoms with van der Waals surface area (Å²) in [5.74, 6) is 0.362. The van der Waals surface area contributed by atoms with Crippen molar-refractivity contribution in [3.8, 4) is 5.88 Å². The summed E-state index contributed by atoms with van der Waals surface area (Å²) in [5.41, 5.74) is 2.75. The van der Waals surface area contributed by atoms with E-state index in [2.05, 4.69) is 19.4 Å². The fourth-order valence-electron chi connectivity index (χ4n) is 2.82. The maximum atomic E-state index is 13.2. The molecule has 0 N–H and O–H groups in total. The van der Waals surface area contributed by atoms with Crippen LogP contribution in [0.4, 0.5) is 10.1 Å². The first kappa shape index (κ1) is 13.1. The largest absolute Gasteiger partial charge is 0.481 e. The zero-order valence-corrected chi connectivity index (χ0v) is 12.1. The fourth-order valence-corrected chi connectivity index (χ4v) is 2.82. The normalized spacial score (nSPS) is 15.1. The number of anilines is 1. The number of nitrogens with zero attached hydrogens (tertiary/aromatic N) is 4. The van der Waals surface area contributed by atoms with Gasteiger partial charge in [-0.3, -0.25) is 0 Å². The van der Waals surface area contributed by atoms with E-state index in [9.17, 15) is 4.39 Å². The fraction of sp³-hybridized carbons (Fsp3) is 0.250. The summed E-state index contributed by atoms with van der Waals surface area (Å²) in [6.45, 7) is 1.77. The van der Waals surface area contributed by atoms with Gasteiger partial charge in [0.1, 0.15) is 5.82 Å². The Bertz CT molecular complexity index is 809. The first-order valence-corrected chi connectivity index (χ1v) is 7.11. The molecule has 1 saturated heterocycles. The Morgan fingerprint density at radius 2 is 2.05 bits per heavy atom. The molecule has 22 heavy (non-hydrogen) atoms. The molecule has 0 atom stereocenters. The minimum Gasteiger partial charge on any atom is -0.481 e. The van der Waals surface area contributed by atoms with E-state index in [-0.39, 0.29) is 5.82 Å². The standard InChI is InChI=1S/C16H15FN4O/c1-22-16-5-3-12(7-18-16)20-8-13(9-20)21-10-19-14-6-11(17)2-4-15(14)21/h2-7,10,13H,8-9H2,1H3. The Hall–Kier alpha value is -2.63. The number of hydrogen-bond acceptors (Lipinski definition) is 4. The van der Waals surface area contributed by atoms with Gasteiger partial charge in [-0.1, -0.05) is 0 Å². The Labute approximate surface area is 127 Å². The predicted molar refractivity (Wildman–Crippen MR) is 81.7 cm³/mol. The lowest BCUT2D eigenvalue weighted by Gasteiger charge is -2.41. The highest BCUT2D eigenvalue weighted by molar-refractivity contribution is 5.75. The highest BCUT2D eigenvalue weighted by atomic mass is 19.1. The van der Waals surface area contributed by atoms with Crippen molar-refractivity contribution in [2.24, 2.45) is 0 Å². The third-order valence-electron chi connectivity index (χ3n) is 4.09. The molecule has 0 spiro atoms. The molecule has 1 fully saturated rings. The molecule has 1 aromatic carbocycles. The highest BCUT2D eigenvalue weighted by Gasteiger charge is 2.29. The zero-order valence-electron chi connectivity index (χ0n) is 12.1. The minimum absolute atomic E-state index is 0.253. The van der Waals surface area contributed by atoms with Crippen LogP contribution in [0.5, 0.6) is 5.88 Å². The van der Waals surface area contributed by atoms with Gasteiger partial charge in [-0.2, -0.15) is 0 Å². The van der Waals surface area contributed by atoms with Gasteiger partial charge in [0, 0.05) is 25.2 Å². The van der Waals surface area contributed by atoms with Gasteiger partial charge in [-0.25, -0.2) is 14.4 Å². The van der Waals surface area contributed by atoms with E-state index in [1.54, 1.807) is 19.5 Å². The molecule has 0 aliphatic carbocycles. The Morgan fingerprint density at radius 1 is 1.18 bits per heavy atom. The lowest BCUT2D eigenvalue weighted by Crippen LogP contribution is -2.47. The summed E-state index contributed by atoms with van der Waals surface area (Å²) in [6, 6.07) is 8.94. The maximum absolute atomic E-state index is 13.2. The summed E-state index contributed by atoms with van der Waals surface area (Å²) in [5, 5.41) is 0. The zero-order chi connectivity index (χ0) is 15.1. The third-order valence-corrected chi connectivity index (χ3v) is 4.09. The van der Waals surface area contributed by atoms with Gasteiger partial charge in [-0.05, 0) is 18.2 Å². The summed E-state index contributed by atoms with van der Waals surface area (Å²) in [7, 11) is 1.61. The molecule has 4 rings (SSSR count). The lowest BCUT2D eigenvalue weighted by atomic mass is 10.1. The molecule has 112 valence electrons. The van der Waals surface area contributed by atoms with Crippen LogP contribution in [0.1, 0.15) is 6.04 Å². The number of aromatic nitrogens is 3. The summed E-state index contributed by atoms with van der Waals surface area (Å²) < 4.78 is 20.4. The van der Waals surface area contributed by atoms with E-state index in [4.69, 9.17) is 4.74 Å². The van der Waals surface area contributed by atoms with Crippen molar-refractivity contribution in [1.82, 2.24) is 14.5 Å². The molecule has 0 saturated carbocycles. The first-order valence-electron chi connectivity index (χ1n) is 7.11. The van der Waals surface area contributed by atoms with Crippen LogP contribution in [0, 0.1) is 5.82 Å². The van der Waals surface area contributed by atoms with Crippen molar-refractivity contribution in [3.63, 3.8) is 0 Å². The average molecular weight is 298 g/mol. The minimum atomic E-state index is -0.253. The second kappa shape index (κ2) is 4.98. The molecule has 2 aromatic heterocycles. The molecule has 0 bridgehead atoms. The monoisotopic (exact) mass is 298 g/mol. The molecular weight excluding hydrogens is 283 g/mol. The van der Waals surface area contributed by atoms with E-state index < -0.39 is 0 Å². The van der Waals surface area contributed by atoms with Crippen molar-refractivity contribution in [3.05, 3.63) is 48.7 Å². The Balaban J connectivity index is 1.52. The Kier molecular flexibility index (Phi) is 2.96. The van der Waals surface area contributed by atoms with E-state index in [1.807, 2.05) is 18.3 Å². The van der Waals surface area contributed by atoms with Crippen LogP contribution in [-0.2, 0) is 0 Å². The van der Waals surface area contributed by atoms with Gasteiger partial charge < -0.3 is 14.2 Å². The smallest absolute Gasteiger partial charge is 0.213 e. The van der Waals surface area contributed by atoms with Crippen molar-refractivity contribution >= 4 is 16.7 Å². The van der Waals surface area contributed by atoms with Crippen molar-refractivity contribution in [1.29, 1.82) is 0 Å². The quantitative estimate of drug-likeness (QED) is 0.745. The molecule has 0 unspecified atom stereocenters. The van der Waals surface area contributed by atoms with E-state index in [0.29, 0.717) is 17.4 Å². The number of hydrogen-bond donors (Lipinski definition) is 0. The number of pyridine rings is 1. The number of ether oxygens (including phenoxy) is 1.